The van der Waals surface area contributed by atoms with Gasteiger partial charge in [-0.25, -0.2) is 0 Å². The van der Waals surface area contributed by atoms with E-state index in [1.54, 1.807) is 0 Å². The van der Waals surface area contributed by atoms with E-state index in [0.29, 0.717) is 18.1 Å². The lowest BCUT2D eigenvalue weighted by atomic mass is 9.81. The van der Waals surface area contributed by atoms with Gasteiger partial charge in [-0.15, -0.1) is 4.58 Å². The van der Waals surface area contributed by atoms with Gasteiger partial charge in [0.25, 0.3) is 5.91 Å². The maximum absolute atomic E-state index is 14.1. The highest BCUT2D eigenvalue weighted by Crippen LogP contribution is 2.57. The second-order valence-electron chi connectivity index (χ2n) is 12.3. The third kappa shape index (κ3) is 5.53. The fourth-order valence-corrected chi connectivity index (χ4v) is 7.03. The number of rotatable bonds is 9. The van der Waals surface area contributed by atoms with Gasteiger partial charge in [-0.3, -0.25) is 9.69 Å². The number of nitrogens with one attached hydrogen (secondary N) is 1. The predicted molar refractivity (Wildman–Crippen MR) is 175 cm³/mol. The van der Waals surface area contributed by atoms with Crippen LogP contribution in [0.4, 0.5) is 11.4 Å². The third-order valence-electron chi connectivity index (χ3n) is 8.96. The van der Waals surface area contributed by atoms with Gasteiger partial charge < -0.3 is 24.4 Å². The topological polar surface area (TPSA) is 66.3 Å². The summed E-state index contributed by atoms with van der Waals surface area (Å²) in [6, 6.07) is 26.8. The fraction of sp³-hybridized carbons (Fsp3) is 0.351. The molecule has 2 bridgehead atoms. The highest BCUT2D eigenvalue weighted by atomic mass is 16.5. The van der Waals surface area contributed by atoms with Crippen molar-refractivity contribution in [3.8, 4) is 0 Å². The van der Waals surface area contributed by atoms with Gasteiger partial charge in [-0.1, -0.05) is 60.7 Å². The molecule has 7 rings (SSSR count). The zero-order valence-electron chi connectivity index (χ0n) is 26.2. The Labute approximate surface area is 265 Å². The molecule has 0 radical (unpaired) electrons. The van der Waals surface area contributed by atoms with Gasteiger partial charge in [0.05, 0.1) is 25.4 Å². The van der Waals surface area contributed by atoms with Crippen LogP contribution >= 0.6 is 0 Å². The van der Waals surface area contributed by atoms with Gasteiger partial charge in [0.1, 0.15) is 11.7 Å². The van der Waals surface area contributed by atoms with Gasteiger partial charge >= 0.3 is 5.90 Å². The Kier molecular flexibility index (Phi) is 8.14. The number of morpholine rings is 1. The van der Waals surface area contributed by atoms with Crippen molar-refractivity contribution in [2.45, 2.75) is 37.8 Å². The summed E-state index contributed by atoms with van der Waals surface area (Å²) >= 11 is 0. The van der Waals surface area contributed by atoms with Crippen LogP contribution in [0.25, 0.3) is 0 Å². The molecule has 3 aromatic rings. The van der Waals surface area contributed by atoms with Crippen molar-refractivity contribution < 1.29 is 23.6 Å². The number of ether oxygens (including phenoxy) is 3. The molecule has 3 aromatic carbocycles. The van der Waals surface area contributed by atoms with E-state index >= 15 is 0 Å². The average Bonchev–Trinajstić information content (AvgIpc) is 3.71. The summed E-state index contributed by atoms with van der Waals surface area (Å²) in [4.78, 5) is 18.6. The molecule has 45 heavy (non-hydrogen) atoms. The van der Waals surface area contributed by atoms with Gasteiger partial charge in [0.2, 0.25) is 11.7 Å². The Morgan fingerprint density at radius 1 is 1.00 bits per heavy atom. The number of anilines is 1. The monoisotopic (exact) mass is 605 g/mol. The van der Waals surface area contributed by atoms with Crippen LogP contribution < -0.4 is 5.32 Å². The number of carbonyl (C=O) groups is 1. The van der Waals surface area contributed by atoms with E-state index in [0.717, 1.165) is 61.9 Å². The number of hydrogen-bond donors (Lipinski definition) is 1. The molecular formula is C37H41N4O4+. The summed E-state index contributed by atoms with van der Waals surface area (Å²) in [6.45, 7) is 7.62. The summed E-state index contributed by atoms with van der Waals surface area (Å²) in [5, 5.41) is 3.15. The maximum Gasteiger partial charge on any atom is 0.376 e. The van der Waals surface area contributed by atoms with Gasteiger partial charge in [-0.05, 0) is 50.4 Å². The van der Waals surface area contributed by atoms with Gasteiger partial charge in [-0.2, -0.15) is 0 Å². The molecule has 4 heterocycles. The summed E-state index contributed by atoms with van der Waals surface area (Å²) in [7, 11) is 4.09. The van der Waals surface area contributed by atoms with Crippen LogP contribution in [0.2, 0.25) is 0 Å². The third-order valence-corrected chi connectivity index (χ3v) is 8.96. The van der Waals surface area contributed by atoms with Crippen molar-refractivity contribution >= 4 is 23.2 Å². The van der Waals surface area contributed by atoms with E-state index < -0.39 is 11.7 Å². The van der Waals surface area contributed by atoms with E-state index in [9.17, 15) is 4.79 Å². The van der Waals surface area contributed by atoms with Crippen LogP contribution in [0.5, 0.6) is 0 Å². The fourth-order valence-electron chi connectivity index (χ4n) is 7.03. The molecule has 1 spiro atoms. The molecule has 8 heteroatoms. The number of hydrogen-bond acceptors (Lipinski definition) is 6. The van der Waals surface area contributed by atoms with Crippen LogP contribution in [-0.2, 0) is 32.1 Å². The molecule has 232 valence electrons. The second kappa shape index (κ2) is 12.4. The number of benzene rings is 3. The quantitative estimate of drug-likeness (QED) is 0.272. The first-order chi connectivity index (χ1) is 22.0. The first-order valence-corrected chi connectivity index (χ1v) is 15.9. The summed E-state index contributed by atoms with van der Waals surface area (Å²) in [5.74, 6) is 0.498. The summed E-state index contributed by atoms with van der Waals surface area (Å²) < 4.78 is 21.1. The normalized spacial score (nSPS) is 24.1. The number of fused-ring (bicyclic) bond motifs is 1. The SMILES string of the molecule is CCOC1=[N+](c2ccccc2)C(c2ccc(CN3CCOCC3)cc2)C23C=CC(O2)C(C(=O)Nc2ccc(CN(C)C)cc2)=C13. The predicted octanol–water partition coefficient (Wildman–Crippen LogP) is 5.06. The summed E-state index contributed by atoms with van der Waals surface area (Å²) in [5.41, 5.74) is 5.83. The Morgan fingerprint density at radius 3 is 2.40 bits per heavy atom. The van der Waals surface area contributed by atoms with E-state index in [1.165, 1.54) is 11.1 Å². The highest BCUT2D eigenvalue weighted by molar-refractivity contribution is 6.13. The Balaban J connectivity index is 1.28. The Bertz CT molecular complexity index is 1640. The molecule has 3 unspecified atom stereocenters. The van der Waals surface area contributed by atoms with Crippen molar-refractivity contribution in [3.63, 3.8) is 0 Å². The lowest BCUT2D eigenvalue weighted by Gasteiger charge is -2.27. The van der Waals surface area contributed by atoms with Crippen molar-refractivity contribution in [3.05, 3.63) is 119 Å². The molecular weight excluding hydrogens is 564 g/mol. The Morgan fingerprint density at radius 2 is 1.71 bits per heavy atom. The molecule has 3 atom stereocenters. The van der Waals surface area contributed by atoms with Crippen LogP contribution in [0, 0.1) is 0 Å². The zero-order valence-corrected chi connectivity index (χ0v) is 26.2. The molecule has 0 aromatic heterocycles. The number of amides is 1. The van der Waals surface area contributed by atoms with E-state index in [-0.39, 0.29) is 11.9 Å². The van der Waals surface area contributed by atoms with Gasteiger partial charge in [0.15, 0.2) is 5.60 Å². The van der Waals surface area contributed by atoms with Crippen LogP contribution in [0.1, 0.15) is 29.7 Å². The van der Waals surface area contributed by atoms with Gasteiger partial charge in [0, 0.05) is 49.6 Å². The first kappa shape index (κ1) is 29.6. The lowest BCUT2D eigenvalue weighted by Crippen LogP contribution is -2.36. The maximum atomic E-state index is 14.1. The second-order valence-corrected chi connectivity index (χ2v) is 12.3. The molecule has 1 saturated heterocycles. The molecule has 1 amide bonds. The van der Waals surface area contributed by atoms with Crippen molar-refractivity contribution in [2.24, 2.45) is 0 Å². The molecule has 1 fully saturated rings. The summed E-state index contributed by atoms with van der Waals surface area (Å²) in [6.07, 6.45) is 3.70. The largest absolute Gasteiger partial charge is 0.444 e. The molecule has 4 aliphatic rings. The average molecular weight is 606 g/mol. The van der Waals surface area contributed by atoms with Crippen molar-refractivity contribution in [1.82, 2.24) is 9.80 Å². The molecule has 1 N–H and O–H groups in total. The number of carbonyl (C=O) groups excluding carboxylic acids is 1. The number of nitrogens with zero attached hydrogens (tertiary/aromatic N) is 3. The van der Waals surface area contributed by atoms with E-state index in [1.807, 2.05) is 57.4 Å². The smallest absolute Gasteiger partial charge is 0.376 e. The first-order valence-electron chi connectivity index (χ1n) is 15.9. The minimum absolute atomic E-state index is 0.173. The standard InChI is InChI=1S/C37H40N4O4/c1-4-44-36-33-32(35(42)38-29-16-12-26(13-17-29)24-39(2)3)31-18-19-37(33,45-31)34(41(36)30-8-6-5-7-9-30)28-14-10-27(11-15-28)25-40-20-22-43-23-21-40/h5-19,31,34H,4,20-25H2,1-3H3/p+1. The van der Waals surface area contributed by atoms with Crippen LogP contribution in [0.15, 0.2) is 102 Å². The van der Waals surface area contributed by atoms with E-state index in [4.69, 9.17) is 14.2 Å². The van der Waals surface area contributed by atoms with E-state index in [2.05, 4.69) is 74.3 Å². The lowest BCUT2D eigenvalue weighted by molar-refractivity contribution is -0.507. The Hall–Kier alpha value is -4.08. The van der Waals surface area contributed by atoms with Crippen LogP contribution in [0.3, 0.4) is 0 Å². The number of para-hydroxylation sites is 1. The highest BCUT2D eigenvalue weighted by Gasteiger charge is 2.68. The molecule has 8 nitrogen and oxygen atoms in total. The minimum Gasteiger partial charge on any atom is -0.444 e. The molecule has 4 aliphatic heterocycles. The minimum atomic E-state index is -0.862. The van der Waals surface area contributed by atoms with Crippen molar-refractivity contribution in [1.29, 1.82) is 0 Å². The molecule has 0 aliphatic carbocycles. The zero-order chi connectivity index (χ0) is 31.0. The molecule has 0 saturated carbocycles. The van der Waals surface area contributed by atoms with Crippen LogP contribution in [-0.4, -0.2) is 84.9 Å². The van der Waals surface area contributed by atoms with Crippen molar-refractivity contribution in [2.75, 3.05) is 52.3 Å².